The smallest absolute Gasteiger partial charge is 0.323 e. The highest BCUT2D eigenvalue weighted by Gasteiger charge is 2.43. The van der Waals surface area contributed by atoms with Crippen LogP contribution in [0.15, 0.2) is 6.20 Å². The highest BCUT2D eigenvalue weighted by molar-refractivity contribution is 6.31. The minimum Gasteiger partial charge on any atom is -0.480 e. The van der Waals surface area contributed by atoms with Gasteiger partial charge in [0.05, 0.1) is 16.8 Å². The van der Waals surface area contributed by atoms with Crippen molar-refractivity contribution in [3.8, 4) is 0 Å². The molecule has 1 aromatic heterocycles. The van der Waals surface area contributed by atoms with Gasteiger partial charge in [0, 0.05) is 6.20 Å². The molecule has 1 aromatic rings. The Bertz CT molecular complexity index is 451. The second-order valence-corrected chi connectivity index (χ2v) is 5.62. The summed E-state index contributed by atoms with van der Waals surface area (Å²) in [6.45, 7) is 4.44. The molecule has 1 saturated carbocycles. The van der Waals surface area contributed by atoms with Crippen LogP contribution < -0.4 is 5.32 Å². The number of nitrogens with zero attached hydrogens (tertiary/aromatic N) is 2. The van der Waals surface area contributed by atoms with Crippen LogP contribution in [0.3, 0.4) is 0 Å². The van der Waals surface area contributed by atoms with Crippen LogP contribution in [0, 0.1) is 6.92 Å². The molecule has 5 nitrogen and oxygen atoms in total. The predicted octanol–water partition coefficient (Wildman–Crippen LogP) is 2.39. The van der Waals surface area contributed by atoms with Gasteiger partial charge in [0.25, 0.3) is 0 Å². The first-order chi connectivity index (χ1) is 8.98. The topological polar surface area (TPSA) is 67.2 Å². The van der Waals surface area contributed by atoms with E-state index in [0.29, 0.717) is 24.4 Å². The molecule has 0 bridgehead atoms. The molecular formula is C13H20ClN3O2. The lowest BCUT2D eigenvalue weighted by molar-refractivity contribution is -0.147. The zero-order valence-corrected chi connectivity index (χ0v) is 12.1. The van der Waals surface area contributed by atoms with Crippen molar-refractivity contribution in [2.24, 2.45) is 0 Å². The number of aromatic nitrogens is 2. The Labute approximate surface area is 117 Å². The molecule has 19 heavy (non-hydrogen) atoms. The number of aryl methyl sites for hydroxylation is 1. The van der Waals surface area contributed by atoms with Crippen LogP contribution in [0.5, 0.6) is 0 Å². The molecule has 1 aliphatic carbocycles. The molecule has 1 fully saturated rings. The van der Waals surface area contributed by atoms with Crippen molar-refractivity contribution in [1.29, 1.82) is 0 Å². The molecule has 1 heterocycles. The van der Waals surface area contributed by atoms with Crippen molar-refractivity contribution in [1.82, 2.24) is 15.1 Å². The summed E-state index contributed by atoms with van der Waals surface area (Å²) in [4.78, 5) is 11.6. The Balaban J connectivity index is 2.22. The lowest BCUT2D eigenvalue weighted by atomic mass is 9.79. The fraction of sp³-hybridized carbons (Fsp3) is 0.692. The van der Waals surface area contributed by atoms with Crippen molar-refractivity contribution in [3.05, 3.63) is 16.9 Å². The number of halogens is 1. The summed E-state index contributed by atoms with van der Waals surface area (Å²) in [6, 6.07) is 0.0927. The number of hydrogen-bond donors (Lipinski definition) is 2. The van der Waals surface area contributed by atoms with Crippen LogP contribution in [0.25, 0.3) is 0 Å². The fourth-order valence-electron chi connectivity index (χ4n) is 2.89. The quantitative estimate of drug-likeness (QED) is 0.891. The van der Waals surface area contributed by atoms with Gasteiger partial charge in [0.15, 0.2) is 0 Å². The number of likely N-dealkylation sites (N-methyl/N-ethyl adjacent to an activating group) is 1. The highest BCUT2D eigenvalue weighted by Crippen LogP contribution is 2.36. The van der Waals surface area contributed by atoms with Gasteiger partial charge in [-0.15, -0.1) is 0 Å². The van der Waals surface area contributed by atoms with Crippen molar-refractivity contribution < 1.29 is 9.90 Å². The highest BCUT2D eigenvalue weighted by atomic mass is 35.5. The van der Waals surface area contributed by atoms with Crippen LogP contribution in [0.4, 0.5) is 0 Å². The Morgan fingerprint density at radius 3 is 3.00 bits per heavy atom. The van der Waals surface area contributed by atoms with Gasteiger partial charge in [0.2, 0.25) is 0 Å². The second kappa shape index (κ2) is 5.51. The second-order valence-electron chi connectivity index (χ2n) is 5.21. The molecule has 2 atom stereocenters. The average molecular weight is 286 g/mol. The normalized spacial score (nSPS) is 27.4. The lowest BCUT2D eigenvalue weighted by Crippen LogP contribution is -2.55. The van der Waals surface area contributed by atoms with E-state index in [1.807, 2.05) is 18.5 Å². The summed E-state index contributed by atoms with van der Waals surface area (Å²) < 4.78 is 1.83. The third-order valence-electron chi connectivity index (χ3n) is 3.88. The van der Waals surface area contributed by atoms with E-state index in [4.69, 9.17) is 11.6 Å². The van der Waals surface area contributed by atoms with Gasteiger partial charge in [-0.05, 0) is 39.2 Å². The van der Waals surface area contributed by atoms with Crippen LogP contribution in [-0.4, -0.2) is 32.9 Å². The summed E-state index contributed by atoms with van der Waals surface area (Å²) in [7, 11) is 0. The summed E-state index contributed by atoms with van der Waals surface area (Å²) in [5.74, 6) is -0.769. The number of nitrogens with one attached hydrogen (secondary N) is 1. The Morgan fingerprint density at radius 2 is 2.47 bits per heavy atom. The van der Waals surface area contributed by atoms with E-state index >= 15 is 0 Å². The largest absolute Gasteiger partial charge is 0.480 e. The fourth-order valence-corrected chi connectivity index (χ4v) is 3.02. The Morgan fingerprint density at radius 1 is 1.74 bits per heavy atom. The first kappa shape index (κ1) is 14.3. The number of rotatable bonds is 4. The third kappa shape index (κ3) is 2.77. The molecule has 2 unspecified atom stereocenters. The predicted molar refractivity (Wildman–Crippen MR) is 73.5 cm³/mol. The van der Waals surface area contributed by atoms with Crippen molar-refractivity contribution in [2.45, 2.75) is 51.1 Å². The molecular weight excluding hydrogens is 266 g/mol. The molecule has 106 valence electrons. The van der Waals surface area contributed by atoms with Gasteiger partial charge in [-0.2, -0.15) is 5.10 Å². The first-order valence-corrected chi connectivity index (χ1v) is 7.06. The van der Waals surface area contributed by atoms with Crippen LogP contribution >= 0.6 is 11.6 Å². The van der Waals surface area contributed by atoms with E-state index in [0.717, 1.165) is 18.5 Å². The number of hydrogen-bond acceptors (Lipinski definition) is 3. The van der Waals surface area contributed by atoms with E-state index in [1.165, 1.54) is 0 Å². The molecule has 2 rings (SSSR count). The van der Waals surface area contributed by atoms with Gasteiger partial charge >= 0.3 is 5.97 Å². The maximum Gasteiger partial charge on any atom is 0.323 e. The van der Waals surface area contributed by atoms with E-state index in [1.54, 1.807) is 6.20 Å². The van der Waals surface area contributed by atoms with Crippen molar-refractivity contribution in [2.75, 3.05) is 6.54 Å². The molecule has 6 heteroatoms. The number of carboxylic acids is 1. The minimum absolute atomic E-state index is 0.0927. The number of aliphatic carboxylic acids is 1. The maximum atomic E-state index is 11.6. The lowest BCUT2D eigenvalue weighted by Gasteiger charge is -2.38. The zero-order valence-electron chi connectivity index (χ0n) is 11.3. The van der Waals surface area contributed by atoms with Crippen LogP contribution in [0.1, 0.15) is 44.3 Å². The van der Waals surface area contributed by atoms with E-state index in [2.05, 4.69) is 10.4 Å². The molecule has 0 aromatic carbocycles. The van der Waals surface area contributed by atoms with Gasteiger partial charge in [-0.25, -0.2) is 0 Å². The number of carbonyl (C=O) groups is 1. The monoisotopic (exact) mass is 285 g/mol. The molecule has 1 aliphatic rings. The van der Waals surface area contributed by atoms with Crippen molar-refractivity contribution >= 4 is 17.6 Å². The Kier molecular flexibility index (Phi) is 4.16. The Hall–Kier alpha value is -1.07. The molecule has 0 radical (unpaired) electrons. The van der Waals surface area contributed by atoms with E-state index < -0.39 is 11.5 Å². The van der Waals surface area contributed by atoms with Gasteiger partial charge in [-0.1, -0.05) is 18.5 Å². The molecule has 0 saturated heterocycles. The van der Waals surface area contributed by atoms with E-state index in [9.17, 15) is 9.90 Å². The SMILES string of the molecule is CCNC1(C(=O)O)CCCC(n2cc(Cl)c(C)n2)C1. The zero-order chi connectivity index (χ0) is 14.0. The summed E-state index contributed by atoms with van der Waals surface area (Å²) in [5, 5.41) is 17.7. The summed E-state index contributed by atoms with van der Waals surface area (Å²) in [6.07, 6.45) is 4.83. The van der Waals surface area contributed by atoms with Gasteiger partial charge in [-0.3, -0.25) is 9.48 Å². The van der Waals surface area contributed by atoms with E-state index in [-0.39, 0.29) is 6.04 Å². The summed E-state index contributed by atoms with van der Waals surface area (Å²) in [5.41, 5.74) is -0.0408. The van der Waals surface area contributed by atoms with Crippen molar-refractivity contribution in [3.63, 3.8) is 0 Å². The van der Waals surface area contributed by atoms with Crippen LogP contribution in [-0.2, 0) is 4.79 Å². The molecule has 0 amide bonds. The molecule has 0 aliphatic heterocycles. The molecule has 0 spiro atoms. The average Bonchev–Trinajstić information content (AvgIpc) is 2.70. The van der Waals surface area contributed by atoms with Crippen LogP contribution in [0.2, 0.25) is 5.02 Å². The standard InChI is InChI=1S/C13H20ClN3O2/c1-3-15-13(12(18)19)6-4-5-10(7-13)17-8-11(14)9(2)16-17/h8,10,15H,3-7H2,1-2H3,(H,18,19). The maximum absolute atomic E-state index is 11.6. The third-order valence-corrected chi connectivity index (χ3v) is 4.25. The number of carboxylic acid groups (broad SMARTS) is 1. The molecule has 2 N–H and O–H groups in total. The van der Waals surface area contributed by atoms with Gasteiger partial charge < -0.3 is 10.4 Å². The first-order valence-electron chi connectivity index (χ1n) is 6.68. The minimum atomic E-state index is -0.829. The summed E-state index contributed by atoms with van der Waals surface area (Å²) >= 11 is 6.03. The van der Waals surface area contributed by atoms with Gasteiger partial charge in [0.1, 0.15) is 5.54 Å².